The Hall–Kier alpha value is -1.93. The first kappa shape index (κ1) is 16.4. The zero-order chi connectivity index (χ0) is 15.8. The van der Waals surface area contributed by atoms with Gasteiger partial charge in [-0.3, -0.25) is 19.2 Å². The molecule has 2 N–H and O–H groups in total. The summed E-state index contributed by atoms with van der Waals surface area (Å²) < 4.78 is 6.75. The smallest absolute Gasteiger partial charge is 0.305 e. The molecule has 1 aromatic rings. The Morgan fingerprint density at radius 3 is 2.82 bits per heavy atom. The van der Waals surface area contributed by atoms with Crippen LogP contribution in [0.5, 0.6) is 0 Å². The van der Waals surface area contributed by atoms with Crippen LogP contribution in [0.2, 0.25) is 0 Å². The number of aryl methyl sites for hydroxylation is 1. The predicted octanol–water partition coefficient (Wildman–Crippen LogP) is -0.190. The third kappa shape index (κ3) is 5.45. The zero-order valence-corrected chi connectivity index (χ0v) is 12.5. The van der Waals surface area contributed by atoms with Gasteiger partial charge in [0, 0.05) is 25.8 Å². The van der Waals surface area contributed by atoms with Gasteiger partial charge in [-0.1, -0.05) is 0 Å². The number of carbonyl (C=O) groups is 2. The van der Waals surface area contributed by atoms with E-state index in [-0.39, 0.29) is 18.9 Å². The number of aliphatic carboxylic acids is 1. The topological polar surface area (TPSA) is 96.7 Å². The SMILES string of the molecule is O=C(O)CCn1cc(C(=O)NCCCN2CCOCC2)cn1. The Balaban J connectivity index is 1.65. The molecule has 0 saturated carbocycles. The van der Waals surface area contributed by atoms with Crippen LogP contribution in [0.1, 0.15) is 23.2 Å². The molecule has 0 unspecified atom stereocenters. The maximum absolute atomic E-state index is 11.9. The van der Waals surface area contributed by atoms with Crippen molar-refractivity contribution in [3.05, 3.63) is 18.0 Å². The highest BCUT2D eigenvalue weighted by atomic mass is 16.5. The van der Waals surface area contributed by atoms with Crippen molar-refractivity contribution in [2.24, 2.45) is 0 Å². The Morgan fingerprint density at radius 2 is 2.09 bits per heavy atom. The van der Waals surface area contributed by atoms with Crippen molar-refractivity contribution in [3.63, 3.8) is 0 Å². The number of morpholine rings is 1. The second-order valence-electron chi connectivity index (χ2n) is 5.20. The highest BCUT2D eigenvalue weighted by molar-refractivity contribution is 5.93. The summed E-state index contributed by atoms with van der Waals surface area (Å²) in [6, 6.07) is 0. The third-order valence-electron chi connectivity index (χ3n) is 3.49. The van der Waals surface area contributed by atoms with E-state index in [0.29, 0.717) is 12.1 Å². The summed E-state index contributed by atoms with van der Waals surface area (Å²) in [5.41, 5.74) is 0.455. The van der Waals surface area contributed by atoms with Crippen LogP contribution in [-0.2, 0) is 16.1 Å². The maximum Gasteiger partial charge on any atom is 0.305 e. The first-order valence-corrected chi connectivity index (χ1v) is 7.47. The molecule has 1 aromatic heterocycles. The summed E-state index contributed by atoms with van der Waals surface area (Å²) in [5.74, 6) is -1.06. The molecule has 1 fully saturated rings. The van der Waals surface area contributed by atoms with Crippen LogP contribution >= 0.6 is 0 Å². The van der Waals surface area contributed by atoms with Crippen molar-refractivity contribution in [2.45, 2.75) is 19.4 Å². The van der Waals surface area contributed by atoms with E-state index in [4.69, 9.17) is 9.84 Å². The van der Waals surface area contributed by atoms with Crippen LogP contribution < -0.4 is 5.32 Å². The fourth-order valence-electron chi connectivity index (χ4n) is 2.24. The van der Waals surface area contributed by atoms with Gasteiger partial charge in [0.1, 0.15) is 0 Å². The quantitative estimate of drug-likeness (QED) is 0.646. The number of carboxylic acid groups (broad SMARTS) is 1. The molecule has 22 heavy (non-hydrogen) atoms. The van der Waals surface area contributed by atoms with Crippen molar-refractivity contribution >= 4 is 11.9 Å². The van der Waals surface area contributed by atoms with E-state index in [9.17, 15) is 9.59 Å². The number of rotatable bonds is 8. The predicted molar refractivity (Wildman–Crippen MR) is 78.7 cm³/mol. The van der Waals surface area contributed by atoms with Gasteiger partial charge in [0.05, 0.1) is 37.9 Å². The Labute approximate surface area is 129 Å². The zero-order valence-electron chi connectivity index (χ0n) is 12.5. The molecule has 1 aliphatic heterocycles. The number of nitrogens with one attached hydrogen (secondary N) is 1. The summed E-state index contributed by atoms with van der Waals surface area (Å²) in [6.45, 7) is 5.27. The summed E-state index contributed by atoms with van der Waals surface area (Å²) in [4.78, 5) is 24.7. The minimum atomic E-state index is -0.885. The Bertz CT molecular complexity index is 497. The lowest BCUT2D eigenvalue weighted by Crippen LogP contribution is -2.38. The molecule has 0 aliphatic carbocycles. The van der Waals surface area contributed by atoms with Gasteiger partial charge in [-0.05, 0) is 13.0 Å². The number of ether oxygens (including phenoxy) is 1. The summed E-state index contributed by atoms with van der Waals surface area (Å²) in [6.07, 6.45) is 3.90. The van der Waals surface area contributed by atoms with Crippen molar-refractivity contribution < 1.29 is 19.4 Å². The lowest BCUT2D eigenvalue weighted by molar-refractivity contribution is -0.137. The number of nitrogens with zero attached hydrogens (tertiary/aromatic N) is 3. The molecule has 1 aliphatic rings. The van der Waals surface area contributed by atoms with Crippen molar-refractivity contribution in [3.8, 4) is 0 Å². The second-order valence-corrected chi connectivity index (χ2v) is 5.20. The second kappa shape index (κ2) is 8.50. The van der Waals surface area contributed by atoms with Gasteiger partial charge in [-0.2, -0.15) is 5.10 Å². The number of carbonyl (C=O) groups excluding carboxylic acids is 1. The van der Waals surface area contributed by atoms with E-state index >= 15 is 0 Å². The monoisotopic (exact) mass is 310 g/mol. The van der Waals surface area contributed by atoms with E-state index in [1.807, 2.05) is 0 Å². The Kier molecular flexibility index (Phi) is 6.35. The molecule has 1 amide bonds. The Morgan fingerprint density at radius 1 is 1.32 bits per heavy atom. The minimum Gasteiger partial charge on any atom is -0.481 e. The van der Waals surface area contributed by atoms with Crippen LogP contribution in [-0.4, -0.2) is 71.1 Å². The average molecular weight is 310 g/mol. The van der Waals surface area contributed by atoms with Gasteiger partial charge < -0.3 is 15.2 Å². The van der Waals surface area contributed by atoms with E-state index in [2.05, 4.69) is 15.3 Å². The van der Waals surface area contributed by atoms with Crippen LogP contribution in [0.15, 0.2) is 12.4 Å². The van der Waals surface area contributed by atoms with Gasteiger partial charge in [-0.25, -0.2) is 0 Å². The van der Waals surface area contributed by atoms with Crippen LogP contribution in [0.25, 0.3) is 0 Å². The summed E-state index contributed by atoms with van der Waals surface area (Å²) in [7, 11) is 0. The third-order valence-corrected chi connectivity index (χ3v) is 3.49. The number of hydrogen-bond acceptors (Lipinski definition) is 5. The molecule has 122 valence electrons. The van der Waals surface area contributed by atoms with Crippen LogP contribution in [0.3, 0.4) is 0 Å². The van der Waals surface area contributed by atoms with Gasteiger partial charge in [0.2, 0.25) is 0 Å². The fourth-order valence-corrected chi connectivity index (χ4v) is 2.24. The highest BCUT2D eigenvalue weighted by Gasteiger charge is 2.11. The van der Waals surface area contributed by atoms with Crippen molar-refractivity contribution in [1.29, 1.82) is 0 Å². The fraction of sp³-hybridized carbons (Fsp3) is 0.643. The highest BCUT2D eigenvalue weighted by Crippen LogP contribution is 2.00. The van der Waals surface area contributed by atoms with Crippen molar-refractivity contribution in [2.75, 3.05) is 39.4 Å². The molecule has 2 heterocycles. The molecule has 0 aromatic carbocycles. The molecule has 1 saturated heterocycles. The van der Waals surface area contributed by atoms with Gasteiger partial charge >= 0.3 is 5.97 Å². The lowest BCUT2D eigenvalue weighted by Gasteiger charge is -2.26. The normalized spacial score (nSPS) is 15.6. The van der Waals surface area contributed by atoms with E-state index in [1.165, 1.54) is 10.9 Å². The van der Waals surface area contributed by atoms with Gasteiger partial charge in [-0.15, -0.1) is 0 Å². The summed E-state index contributed by atoms with van der Waals surface area (Å²) in [5, 5.41) is 15.4. The number of carboxylic acids is 1. The molecule has 0 spiro atoms. The minimum absolute atomic E-state index is 0.0116. The number of aromatic nitrogens is 2. The largest absolute Gasteiger partial charge is 0.481 e. The molecule has 8 nitrogen and oxygen atoms in total. The van der Waals surface area contributed by atoms with Crippen LogP contribution in [0.4, 0.5) is 0 Å². The standard InChI is InChI=1S/C14H22N4O4/c19-13(20)2-5-18-11-12(10-16-18)14(21)15-3-1-4-17-6-8-22-9-7-17/h10-11H,1-9H2,(H,15,21)(H,19,20). The average Bonchev–Trinajstić information content (AvgIpc) is 2.99. The van der Waals surface area contributed by atoms with Crippen LogP contribution in [0, 0.1) is 0 Å². The van der Waals surface area contributed by atoms with Crippen molar-refractivity contribution in [1.82, 2.24) is 20.0 Å². The molecular weight excluding hydrogens is 288 g/mol. The first-order chi connectivity index (χ1) is 10.6. The maximum atomic E-state index is 11.9. The number of amides is 1. The van der Waals surface area contributed by atoms with Gasteiger partial charge in [0.25, 0.3) is 5.91 Å². The molecule has 0 radical (unpaired) electrons. The molecule has 2 rings (SSSR count). The molecule has 8 heteroatoms. The van der Waals surface area contributed by atoms with E-state index < -0.39 is 5.97 Å². The molecule has 0 bridgehead atoms. The molecular formula is C14H22N4O4. The summed E-state index contributed by atoms with van der Waals surface area (Å²) >= 11 is 0. The van der Waals surface area contributed by atoms with E-state index in [0.717, 1.165) is 39.3 Å². The first-order valence-electron chi connectivity index (χ1n) is 7.47. The van der Waals surface area contributed by atoms with Gasteiger partial charge in [0.15, 0.2) is 0 Å². The van der Waals surface area contributed by atoms with E-state index in [1.54, 1.807) is 6.20 Å². The molecule has 0 atom stereocenters. The number of hydrogen-bond donors (Lipinski definition) is 2. The lowest BCUT2D eigenvalue weighted by atomic mass is 10.3.